The van der Waals surface area contributed by atoms with Crippen molar-refractivity contribution in [2.45, 2.75) is 26.3 Å². The van der Waals surface area contributed by atoms with Gasteiger partial charge in [0.2, 0.25) is 0 Å². The van der Waals surface area contributed by atoms with Gasteiger partial charge in [-0.05, 0) is 19.5 Å². The number of nitrogens with zero attached hydrogens (tertiary/aromatic N) is 2. The molecular weight excluding hydrogens is 224 g/mol. The van der Waals surface area contributed by atoms with Gasteiger partial charge in [0.25, 0.3) is 9.24 Å². The molecule has 0 bridgehead atoms. The molecule has 14 heavy (non-hydrogen) atoms. The van der Waals surface area contributed by atoms with Crippen molar-refractivity contribution in [1.82, 2.24) is 9.21 Å². The number of halogens is 1. The van der Waals surface area contributed by atoms with Gasteiger partial charge in [-0.2, -0.15) is 12.7 Å². The Kier molecular flexibility index (Phi) is 4.18. The van der Waals surface area contributed by atoms with Crippen LogP contribution in [0.1, 0.15) is 20.3 Å². The number of hydrogen-bond donors (Lipinski definition) is 0. The van der Waals surface area contributed by atoms with Crippen LogP contribution in [0.5, 0.6) is 0 Å². The fraction of sp³-hybridized carbons (Fsp3) is 1.00. The Morgan fingerprint density at radius 2 is 2.00 bits per heavy atom. The summed E-state index contributed by atoms with van der Waals surface area (Å²) in [6.07, 6.45) is 0.883. The normalized spacial score (nSPS) is 24.7. The van der Waals surface area contributed by atoms with Crippen molar-refractivity contribution in [1.29, 1.82) is 0 Å². The fourth-order valence-corrected chi connectivity index (χ4v) is 3.00. The van der Waals surface area contributed by atoms with Crippen LogP contribution in [0.2, 0.25) is 0 Å². The summed E-state index contributed by atoms with van der Waals surface area (Å²) in [4.78, 5) is 2.27. The number of hydrogen-bond acceptors (Lipinski definition) is 3. The standard InChI is InChI=1S/C8H17ClN2O2S/c1-3-10(4-2)8-5-6-11(7-8)14(9,12)13/h8H,3-7H2,1-2H3. The lowest BCUT2D eigenvalue weighted by molar-refractivity contribution is 0.225. The van der Waals surface area contributed by atoms with E-state index in [1.807, 2.05) is 0 Å². The van der Waals surface area contributed by atoms with Crippen molar-refractivity contribution in [2.24, 2.45) is 0 Å². The minimum absolute atomic E-state index is 0.332. The molecule has 0 aliphatic carbocycles. The van der Waals surface area contributed by atoms with Gasteiger partial charge in [0, 0.05) is 29.8 Å². The lowest BCUT2D eigenvalue weighted by Crippen LogP contribution is -2.37. The van der Waals surface area contributed by atoms with Crippen LogP contribution in [-0.4, -0.2) is 49.8 Å². The first-order valence-corrected chi connectivity index (χ1v) is 7.19. The van der Waals surface area contributed by atoms with Crippen molar-refractivity contribution >= 4 is 19.9 Å². The molecule has 1 atom stereocenters. The Hall–Kier alpha value is 0.160. The second-order valence-electron chi connectivity index (χ2n) is 3.46. The van der Waals surface area contributed by atoms with Crippen LogP contribution in [0.15, 0.2) is 0 Å². The summed E-state index contributed by atoms with van der Waals surface area (Å²) in [7, 11) is 1.77. The summed E-state index contributed by atoms with van der Waals surface area (Å²) in [6, 6.07) is 0.332. The average Bonchev–Trinajstić information content (AvgIpc) is 2.54. The van der Waals surface area contributed by atoms with Gasteiger partial charge in [0.05, 0.1) is 0 Å². The van der Waals surface area contributed by atoms with Crippen molar-refractivity contribution in [3.05, 3.63) is 0 Å². The van der Waals surface area contributed by atoms with Gasteiger partial charge in [-0.1, -0.05) is 13.8 Å². The van der Waals surface area contributed by atoms with E-state index in [4.69, 9.17) is 10.7 Å². The van der Waals surface area contributed by atoms with Gasteiger partial charge >= 0.3 is 0 Å². The second-order valence-corrected chi connectivity index (χ2v) is 5.97. The van der Waals surface area contributed by atoms with Gasteiger partial charge < -0.3 is 0 Å². The van der Waals surface area contributed by atoms with Crippen LogP contribution in [0.4, 0.5) is 0 Å². The van der Waals surface area contributed by atoms with E-state index in [1.54, 1.807) is 0 Å². The van der Waals surface area contributed by atoms with Gasteiger partial charge in [0.1, 0.15) is 0 Å². The summed E-state index contributed by atoms with van der Waals surface area (Å²) in [6.45, 7) is 7.16. The fourth-order valence-electron chi connectivity index (χ4n) is 1.95. The molecule has 0 aromatic heterocycles. The maximum atomic E-state index is 11.1. The summed E-state index contributed by atoms with van der Waals surface area (Å²) in [5.74, 6) is 0. The van der Waals surface area contributed by atoms with E-state index in [-0.39, 0.29) is 0 Å². The van der Waals surface area contributed by atoms with Crippen LogP contribution in [0, 0.1) is 0 Å². The van der Waals surface area contributed by atoms with Crippen molar-refractivity contribution < 1.29 is 8.42 Å². The zero-order chi connectivity index (χ0) is 10.8. The van der Waals surface area contributed by atoms with Crippen LogP contribution in [0.25, 0.3) is 0 Å². The monoisotopic (exact) mass is 240 g/mol. The molecule has 0 amide bonds. The van der Waals surface area contributed by atoms with Crippen molar-refractivity contribution in [3.63, 3.8) is 0 Å². The minimum atomic E-state index is -3.51. The lowest BCUT2D eigenvalue weighted by Gasteiger charge is -2.25. The third kappa shape index (κ3) is 2.82. The first-order valence-electron chi connectivity index (χ1n) is 4.92. The summed E-state index contributed by atoms with van der Waals surface area (Å²) < 4.78 is 23.4. The Labute approximate surface area is 90.4 Å². The molecule has 1 aliphatic heterocycles. The quantitative estimate of drug-likeness (QED) is 0.686. The highest BCUT2D eigenvalue weighted by Gasteiger charge is 2.32. The van der Waals surface area contributed by atoms with E-state index < -0.39 is 9.24 Å². The Bertz CT molecular complexity index is 277. The van der Waals surface area contributed by atoms with Crippen LogP contribution >= 0.6 is 10.7 Å². The Morgan fingerprint density at radius 1 is 1.43 bits per heavy atom. The molecular formula is C8H17ClN2O2S. The molecule has 1 heterocycles. The molecule has 1 rings (SSSR count). The predicted molar refractivity (Wildman–Crippen MR) is 57.7 cm³/mol. The van der Waals surface area contributed by atoms with Gasteiger partial charge in [0.15, 0.2) is 0 Å². The molecule has 1 fully saturated rings. The molecule has 4 nitrogen and oxygen atoms in total. The van der Waals surface area contributed by atoms with Crippen LogP contribution in [0.3, 0.4) is 0 Å². The van der Waals surface area contributed by atoms with Crippen molar-refractivity contribution in [2.75, 3.05) is 26.2 Å². The van der Waals surface area contributed by atoms with E-state index in [0.29, 0.717) is 19.1 Å². The minimum Gasteiger partial charge on any atom is -0.300 e. The first-order chi connectivity index (χ1) is 6.49. The first kappa shape index (κ1) is 12.2. The molecule has 0 N–H and O–H groups in total. The molecule has 1 aliphatic rings. The van der Waals surface area contributed by atoms with E-state index in [1.165, 1.54) is 4.31 Å². The average molecular weight is 241 g/mol. The van der Waals surface area contributed by atoms with Gasteiger partial charge in [-0.3, -0.25) is 4.90 Å². The third-order valence-corrected chi connectivity index (χ3v) is 4.30. The smallest absolute Gasteiger partial charge is 0.299 e. The largest absolute Gasteiger partial charge is 0.300 e. The number of likely N-dealkylation sites (N-methyl/N-ethyl adjacent to an activating group) is 1. The molecule has 0 radical (unpaired) electrons. The molecule has 0 aromatic carbocycles. The number of rotatable bonds is 4. The molecule has 6 heteroatoms. The summed E-state index contributed by atoms with van der Waals surface area (Å²) in [5, 5.41) is 0. The van der Waals surface area contributed by atoms with E-state index >= 15 is 0 Å². The highest BCUT2D eigenvalue weighted by Crippen LogP contribution is 2.20. The third-order valence-electron chi connectivity index (χ3n) is 2.76. The lowest BCUT2D eigenvalue weighted by atomic mass is 10.2. The van der Waals surface area contributed by atoms with E-state index in [0.717, 1.165) is 19.5 Å². The van der Waals surface area contributed by atoms with Gasteiger partial charge in [-0.25, -0.2) is 0 Å². The highest BCUT2D eigenvalue weighted by molar-refractivity contribution is 8.11. The Morgan fingerprint density at radius 3 is 2.36 bits per heavy atom. The topological polar surface area (TPSA) is 40.6 Å². The molecule has 0 saturated carbocycles. The highest BCUT2D eigenvalue weighted by atomic mass is 35.7. The predicted octanol–water partition coefficient (Wildman–Crippen LogP) is 0.886. The maximum absolute atomic E-state index is 11.1. The maximum Gasteiger partial charge on any atom is 0.299 e. The van der Waals surface area contributed by atoms with Crippen LogP contribution in [-0.2, 0) is 9.24 Å². The molecule has 1 saturated heterocycles. The zero-order valence-corrected chi connectivity index (χ0v) is 10.2. The summed E-state index contributed by atoms with van der Waals surface area (Å²) in [5.41, 5.74) is 0. The molecule has 0 spiro atoms. The zero-order valence-electron chi connectivity index (χ0n) is 8.61. The van der Waals surface area contributed by atoms with Crippen molar-refractivity contribution in [3.8, 4) is 0 Å². The van der Waals surface area contributed by atoms with E-state index in [2.05, 4.69) is 18.7 Å². The van der Waals surface area contributed by atoms with E-state index in [9.17, 15) is 8.42 Å². The Balaban J connectivity index is 2.57. The molecule has 0 aromatic rings. The second kappa shape index (κ2) is 4.79. The summed E-state index contributed by atoms with van der Waals surface area (Å²) >= 11 is 0. The van der Waals surface area contributed by atoms with Crippen LogP contribution < -0.4 is 0 Å². The molecule has 1 unspecified atom stereocenters. The van der Waals surface area contributed by atoms with Gasteiger partial charge in [-0.15, -0.1) is 0 Å². The SMILES string of the molecule is CCN(CC)C1CCN(S(=O)(=O)Cl)C1. The molecule has 84 valence electrons.